The average molecular weight is 206 g/mol. The van der Waals surface area contributed by atoms with Crippen LogP contribution in [-0.4, -0.2) is 16.1 Å². The predicted octanol–water partition coefficient (Wildman–Crippen LogP) is 1.66. The van der Waals surface area contributed by atoms with Crippen molar-refractivity contribution in [1.29, 1.82) is 5.26 Å². The summed E-state index contributed by atoms with van der Waals surface area (Å²) < 4.78 is 0. The second-order valence-electron chi connectivity index (χ2n) is 3.45. The Hall–Kier alpha value is -1.83. The Kier molecular flexibility index (Phi) is 3.86. The number of aromatic amines is 1. The summed E-state index contributed by atoms with van der Waals surface area (Å²) in [4.78, 5) is 11.6. The van der Waals surface area contributed by atoms with Crippen LogP contribution in [0, 0.1) is 17.2 Å². The highest BCUT2D eigenvalue weighted by molar-refractivity contribution is 5.92. The number of nitrogens with zero attached hydrogens (tertiary/aromatic N) is 2. The van der Waals surface area contributed by atoms with Gasteiger partial charge in [-0.1, -0.05) is 20.3 Å². The van der Waals surface area contributed by atoms with Gasteiger partial charge in [-0.05, 0) is 6.42 Å². The van der Waals surface area contributed by atoms with E-state index in [1.54, 1.807) is 0 Å². The van der Waals surface area contributed by atoms with Gasteiger partial charge < -0.3 is 5.32 Å². The van der Waals surface area contributed by atoms with Crippen LogP contribution in [-0.2, 0) is 4.79 Å². The lowest BCUT2D eigenvalue weighted by molar-refractivity contribution is -0.119. The maximum Gasteiger partial charge on any atom is 0.228 e. The number of carbonyl (C=O) groups is 1. The minimum atomic E-state index is -0.0856. The van der Waals surface area contributed by atoms with Gasteiger partial charge in [0.05, 0.1) is 6.20 Å². The molecule has 0 aliphatic rings. The molecule has 1 amide bonds. The van der Waals surface area contributed by atoms with E-state index in [1.165, 1.54) is 6.20 Å². The van der Waals surface area contributed by atoms with E-state index in [4.69, 9.17) is 5.26 Å². The molecule has 1 heterocycles. The molecule has 0 fully saturated rings. The summed E-state index contributed by atoms with van der Waals surface area (Å²) in [5, 5.41) is 17.6. The van der Waals surface area contributed by atoms with Crippen LogP contribution in [0.15, 0.2) is 6.20 Å². The maximum atomic E-state index is 11.6. The van der Waals surface area contributed by atoms with Crippen LogP contribution in [0.1, 0.15) is 32.3 Å². The first-order chi connectivity index (χ1) is 7.19. The molecule has 2 N–H and O–H groups in total. The molecule has 80 valence electrons. The van der Waals surface area contributed by atoms with Crippen molar-refractivity contribution in [3.63, 3.8) is 0 Å². The molecule has 1 unspecified atom stereocenters. The monoisotopic (exact) mass is 206 g/mol. The molecule has 0 radical (unpaired) electrons. The van der Waals surface area contributed by atoms with Gasteiger partial charge in [0.1, 0.15) is 17.5 Å². The summed E-state index contributed by atoms with van der Waals surface area (Å²) >= 11 is 0. The zero-order valence-electron chi connectivity index (χ0n) is 8.87. The van der Waals surface area contributed by atoms with Crippen molar-refractivity contribution in [2.24, 2.45) is 5.92 Å². The molecule has 5 nitrogen and oxygen atoms in total. The Bertz CT molecular complexity index is 377. The predicted molar refractivity (Wildman–Crippen MR) is 56.0 cm³/mol. The number of nitrogens with one attached hydrogen (secondary N) is 2. The van der Waals surface area contributed by atoms with Crippen molar-refractivity contribution in [3.8, 4) is 6.07 Å². The van der Waals surface area contributed by atoms with Crippen molar-refractivity contribution in [2.45, 2.75) is 26.7 Å². The van der Waals surface area contributed by atoms with Crippen LogP contribution in [0.2, 0.25) is 0 Å². The Morgan fingerprint density at radius 1 is 1.80 bits per heavy atom. The third-order valence-corrected chi connectivity index (χ3v) is 2.18. The van der Waals surface area contributed by atoms with Gasteiger partial charge in [-0.2, -0.15) is 10.4 Å². The van der Waals surface area contributed by atoms with Gasteiger partial charge in [-0.3, -0.25) is 9.89 Å². The second kappa shape index (κ2) is 5.15. The Balaban J connectivity index is 2.63. The first-order valence-corrected chi connectivity index (χ1v) is 4.93. The fourth-order valence-corrected chi connectivity index (χ4v) is 1.28. The normalized spacial score (nSPS) is 11.8. The highest BCUT2D eigenvalue weighted by Crippen LogP contribution is 2.12. The van der Waals surface area contributed by atoms with Crippen LogP contribution in [0.5, 0.6) is 0 Å². The molecule has 0 aromatic carbocycles. The van der Waals surface area contributed by atoms with Crippen molar-refractivity contribution in [1.82, 2.24) is 10.2 Å². The van der Waals surface area contributed by atoms with Crippen LogP contribution >= 0.6 is 0 Å². The number of anilines is 1. The first-order valence-electron chi connectivity index (χ1n) is 4.93. The minimum Gasteiger partial charge on any atom is -0.310 e. The summed E-state index contributed by atoms with van der Waals surface area (Å²) in [6.45, 7) is 3.89. The summed E-state index contributed by atoms with van der Waals surface area (Å²) in [5.74, 6) is 0.243. The second-order valence-corrected chi connectivity index (χ2v) is 3.45. The number of amides is 1. The van der Waals surface area contributed by atoms with E-state index in [0.717, 1.165) is 12.8 Å². The third-order valence-electron chi connectivity index (χ3n) is 2.18. The lowest BCUT2D eigenvalue weighted by Crippen LogP contribution is -2.20. The van der Waals surface area contributed by atoms with Gasteiger partial charge in [-0.25, -0.2) is 0 Å². The molecule has 0 saturated heterocycles. The van der Waals surface area contributed by atoms with Gasteiger partial charge >= 0.3 is 0 Å². The van der Waals surface area contributed by atoms with Gasteiger partial charge in [0, 0.05) is 5.92 Å². The van der Waals surface area contributed by atoms with Gasteiger partial charge in [-0.15, -0.1) is 0 Å². The molecule has 1 aromatic rings. The Labute approximate surface area is 88.5 Å². The molecule has 0 saturated carbocycles. The molecular weight excluding hydrogens is 192 g/mol. The molecule has 0 aliphatic heterocycles. The van der Waals surface area contributed by atoms with Crippen LogP contribution < -0.4 is 5.32 Å². The summed E-state index contributed by atoms with van der Waals surface area (Å²) in [7, 11) is 0. The van der Waals surface area contributed by atoms with E-state index in [2.05, 4.69) is 15.5 Å². The standard InChI is InChI=1S/C10H14N4O/c1-3-4-7(2)10(15)13-9-8(5-11)6-12-14-9/h6-7H,3-4H2,1-2H3,(H2,12,13,14,15). The molecule has 1 rings (SSSR count). The zero-order valence-corrected chi connectivity index (χ0v) is 8.87. The molecule has 0 bridgehead atoms. The molecule has 1 aromatic heterocycles. The fourth-order valence-electron chi connectivity index (χ4n) is 1.28. The number of H-pyrrole nitrogens is 1. The quantitative estimate of drug-likeness (QED) is 0.785. The largest absolute Gasteiger partial charge is 0.310 e. The van der Waals surface area contributed by atoms with Crippen LogP contribution in [0.3, 0.4) is 0 Å². The van der Waals surface area contributed by atoms with E-state index >= 15 is 0 Å². The van der Waals surface area contributed by atoms with Crippen molar-refractivity contribution in [3.05, 3.63) is 11.8 Å². The number of rotatable bonds is 4. The number of carbonyl (C=O) groups excluding carboxylic acids is 1. The zero-order chi connectivity index (χ0) is 11.3. The minimum absolute atomic E-state index is 0.0511. The maximum absolute atomic E-state index is 11.6. The van der Waals surface area contributed by atoms with E-state index < -0.39 is 0 Å². The van der Waals surface area contributed by atoms with Crippen LogP contribution in [0.4, 0.5) is 5.82 Å². The van der Waals surface area contributed by atoms with Gasteiger partial charge in [0.15, 0.2) is 0 Å². The molecule has 5 heteroatoms. The smallest absolute Gasteiger partial charge is 0.228 e. The number of hydrogen-bond acceptors (Lipinski definition) is 3. The SMILES string of the molecule is CCCC(C)C(=O)Nc1[nH]ncc1C#N. The van der Waals surface area contributed by atoms with Gasteiger partial charge in [0.25, 0.3) is 0 Å². The number of hydrogen-bond donors (Lipinski definition) is 2. The highest BCUT2D eigenvalue weighted by Gasteiger charge is 2.14. The van der Waals surface area contributed by atoms with E-state index in [-0.39, 0.29) is 11.8 Å². The summed E-state index contributed by atoms with van der Waals surface area (Å²) in [5.41, 5.74) is 0.354. The summed E-state index contributed by atoms with van der Waals surface area (Å²) in [6, 6.07) is 1.94. The van der Waals surface area contributed by atoms with Crippen molar-refractivity contribution in [2.75, 3.05) is 5.32 Å². The molecule has 15 heavy (non-hydrogen) atoms. The number of nitriles is 1. The van der Waals surface area contributed by atoms with Crippen LogP contribution in [0.25, 0.3) is 0 Å². The molecule has 0 aliphatic carbocycles. The Morgan fingerprint density at radius 2 is 2.53 bits per heavy atom. The van der Waals surface area contributed by atoms with E-state index in [0.29, 0.717) is 11.4 Å². The molecule has 0 spiro atoms. The Morgan fingerprint density at radius 3 is 3.13 bits per heavy atom. The van der Waals surface area contributed by atoms with E-state index in [1.807, 2.05) is 19.9 Å². The number of aromatic nitrogens is 2. The van der Waals surface area contributed by atoms with Crippen molar-refractivity contribution < 1.29 is 4.79 Å². The molecule has 1 atom stereocenters. The molecular formula is C10H14N4O. The highest BCUT2D eigenvalue weighted by atomic mass is 16.1. The fraction of sp³-hybridized carbons (Fsp3) is 0.500. The van der Waals surface area contributed by atoms with E-state index in [9.17, 15) is 4.79 Å². The lowest BCUT2D eigenvalue weighted by atomic mass is 10.1. The summed E-state index contributed by atoms with van der Waals surface area (Å²) in [6.07, 6.45) is 3.19. The first kappa shape index (κ1) is 11.2. The topological polar surface area (TPSA) is 81.6 Å². The van der Waals surface area contributed by atoms with Gasteiger partial charge in [0.2, 0.25) is 5.91 Å². The van der Waals surface area contributed by atoms with Crippen molar-refractivity contribution >= 4 is 11.7 Å². The average Bonchev–Trinajstić information content (AvgIpc) is 2.65. The lowest BCUT2D eigenvalue weighted by Gasteiger charge is -2.09. The third kappa shape index (κ3) is 2.81.